The van der Waals surface area contributed by atoms with Crippen LogP contribution in [-0.4, -0.2) is 26.9 Å². The van der Waals surface area contributed by atoms with Crippen LogP contribution >= 0.6 is 0 Å². The SMILES string of the molecule is COCOS(=O)(=O)O. The summed E-state index contributed by atoms with van der Waals surface area (Å²) < 4.78 is 34.9. The molecule has 0 radical (unpaired) electrons. The molecular weight excluding hydrogens is 136 g/mol. The van der Waals surface area contributed by atoms with Gasteiger partial charge in [0.1, 0.15) is 0 Å². The van der Waals surface area contributed by atoms with Crippen LogP contribution in [0.2, 0.25) is 0 Å². The molecule has 0 aromatic heterocycles. The first-order valence-corrected chi connectivity index (χ1v) is 3.03. The highest BCUT2D eigenvalue weighted by molar-refractivity contribution is 7.80. The normalized spacial score (nSPS) is 11.8. The molecule has 0 atom stereocenters. The maximum Gasteiger partial charge on any atom is 0.399 e. The van der Waals surface area contributed by atoms with Crippen molar-refractivity contribution in [1.82, 2.24) is 0 Å². The van der Waals surface area contributed by atoms with E-state index in [1.54, 1.807) is 0 Å². The highest BCUT2D eigenvalue weighted by Crippen LogP contribution is 1.83. The van der Waals surface area contributed by atoms with Crippen molar-refractivity contribution in [2.24, 2.45) is 0 Å². The lowest BCUT2D eigenvalue weighted by molar-refractivity contribution is 0.0473. The van der Waals surface area contributed by atoms with E-state index in [4.69, 9.17) is 4.55 Å². The van der Waals surface area contributed by atoms with E-state index in [9.17, 15) is 8.42 Å². The first kappa shape index (κ1) is 7.83. The van der Waals surface area contributed by atoms with Crippen molar-refractivity contribution in [2.75, 3.05) is 13.9 Å². The van der Waals surface area contributed by atoms with Crippen molar-refractivity contribution in [3.05, 3.63) is 0 Å². The number of rotatable bonds is 3. The maximum absolute atomic E-state index is 9.64. The molecule has 5 nitrogen and oxygen atoms in total. The van der Waals surface area contributed by atoms with E-state index < -0.39 is 17.2 Å². The smallest absolute Gasteiger partial charge is 0.357 e. The molecule has 0 spiro atoms. The van der Waals surface area contributed by atoms with Crippen molar-refractivity contribution >= 4 is 10.4 Å². The van der Waals surface area contributed by atoms with Crippen LogP contribution in [-0.2, 0) is 19.3 Å². The summed E-state index contributed by atoms with van der Waals surface area (Å²) in [5, 5.41) is 0. The summed E-state index contributed by atoms with van der Waals surface area (Å²) in [7, 11) is -3.07. The molecule has 6 heteroatoms. The second kappa shape index (κ2) is 2.98. The first-order chi connectivity index (χ1) is 3.56. The number of hydrogen-bond acceptors (Lipinski definition) is 4. The number of hydrogen-bond donors (Lipinski definition) is 1. The fraction of sp³-hybridized carbons (Fsp3) is 1.00. The Morgan fingerprint density at radius 2 is 2.12 bits per heavy atom. The number of methoxy groups -OCH3 is 1. The second-order valence-electron chi connectivity index (χ2n) is 0.952. The lowest BCUT2D eigenvalue weighted by atomic mass is 11.4. The first-order valence-electron chi connectivity index (χ1n) is 1.67. The van der Waals surface area contributed by atoms with Crippen molar-refractivity contribution in [3.8, 4) is 0 Å². The molecular formula is C2H6O5S. The molecule has 50 valence electrons. The fourth-order valence-electron chi connectivity index (χ4n) is 0.109. The molecule has 0 aliphatic heterocycles. The Labute approximate surface area is 47.2 Å². The van der Waals surface area contributed by atoms with E-state index in [0.717, 1.165) is 0 Å². The van der Waals surface area contributed by atoms with Gasteiger partial charge in [0.2, 0.25) is 0 Å². The van der Waals surface area contributed by atoms with E-state index in [1.165, 1.54) is 7.11 Å². The molecule has 0 heterocycles. The quantitative estimate of drug-likeness (QED) is 0.421. The highest BCUT2D eigenvalue weighted by atomic mass is 32.3. The Kier molecular flexibility index (Phi) is 2.91. The average Bonchev–Trinajstić information content (AvgIpc) is 1.59. The summed E-state index contributed by atoms with van der Waals surface area (Å²) in [6, 6.07) is 0. The number of ether oxygens (including phenoxy) is 1. The van der Waals surface area contributed by atoms with Crippen LogP contribution in [0.4, 0.5) is 0 Å². The van der Waals surface area contributed by atoms with Crippen LogP contribution in [0, 0.1) is 0 Å². The zero-order valence-electron chi connectivity index (χ0n) is 4.20. The molecule has 0 aromatic carbocycles. The molecule has 0 aromatic rings. The summed E-state index contributed by atoms with van der Waals surface area (Å²) in [5.41, 5.74) is 0. The zero-order valence-corrected chi connectivity index (χ0v) is 5.01. The van der Waals surface area contributed by atoms with Crippen LogP contribution in [0.1, 0.15) is 0 Å². The van der Waals surface area contributed by atoms with E-state index in [1.807, 2.05) is 0 Å². The van der Waals surface area contributed by atoms with Gasteiger partial charge in [-0.15, -0.1) is 0 Å². The summed E-state index contributed by atoms with van der Waals surface area (Å²) in [6.45, 7) is -0.459. The van der Waals surface area contributed by atoms with Gasteiger partial charge in [0.25, 0.3) is 0 Å². The maximum atomic E-state index is 9.64. The molecule has 8 heavy (non-hydrogen) atoms. The summed E-state index contributed by atoms with van der Waals surface area (Å²) in [4.78, 5) is 0. The van der Waals surface area contributed by atoms with Gasteiger partial charge < -0.3 is 4.74 Å². The van der Waals surface area contributed by atoms with Gasteiger partial charge in [-0.25, -0.2) is 4.18 Å². The Morgan fingerprint density at radius 1 is 1.62 bits per heavy atom. The molecule has 1 N–H and O–H groups in total. The third-order valence-electron chi connectivity index (χ3n) is 0.315. The van der Waals surface area contributed by atoms with Gasteiger partial charge in [0, 0.05) is 7.11 Å². The Balaban J connectivity index is 3.42. The van der Waals surface area contributed by atoms with Crippen LogP contribution in [0.25, 0.3) is 0 Å². The monoisotopic (exact) mass is 142 g/mol. The summed E-state index contributed by atoms with van der Waals surface area (Å²) in [6.07, 6.45) is 0. The summed E-state index contributed by atoms with van der Waals surface area (Å²) in [5.74, 6) is 0. The third-order valence-corrected chi connectivity index (χ3v) is 0.709. The minimum absolute atomic E-state index is 0.459. The molecule has 0 unspecified atom stereocenters. The molecule has 0 bridgehead atoms. The van der Waals surface area contributed by atoms with Crippen molar-refractivity contribution < 1.29 is 21.9 Å². The lowest BCUT2D eigenvalue weighted by Gasteiger charge is -1.93. The highest BCUT2D eigenvalue weighted by Gasteiger charge is 2.00. The van der Waals surface area contributed by atoms with Gasteiger partial charge in [0.05, 0.1) is 0 Å². The van der Waals surface area contributed by atoms with E-state index in [-0.39, 0.29) is 0 Å². The lowest BCUT2D eigenvalue weighted by Crippen LogP contribution is -2.05. The molecule has 0 aliphatic carbocycles. The Morgan fingerprint density at radius 3 is 2.25 bits per heavy atom. The van der Waals surface area contributed by atoms with Crippen LogP contribution in [0.5, 0.6) is 0 Å². The topological polar surface area (TPSA) is 72.8 Å². The minimum Gasteiger partial charge on any atom is -0.357 e. The molecule has 0 rings (SSSR count). The second-order valence-corrected chi connectivity index (χ2v) is 2.04. The Hall–Kier alpha value is -0.170. The largest absolute Gasteiger partial charge is 0.399 e. The fourth-order valence-corrected chi connectivity index (χ4v) is 0.327. The molecule has 0 aliphatic rings. The van der Waals surface area contributed by atoms with Crippen molar-refractivity contribution in [2.45, 2.75) is 0 Å². The van der Waals surface area contributed by atoms with Gasteiger partial charge in [-0.1, -0.05) is 0 Å². The third kappa shape index (κ3) is 5.83. The predicted octanol–water partition coefficient (Wildman–Crippen LogP) is -0.590. The van der Waals surface area contributed by atoms with Gasteiger partial charge in [-0.3, -0.25) is 4.55 Å². The van der Waals surface area contributed by atoms with E-state index in [0.29, 0.717) is 0 Å². The van der Waals surface area contributed by atoms with Crippen LogP contribution < -0.4 is 0 Å². The minimum atomic E-state index is -4.31. The predicted molar refractivity (Wildman–Crippen MR) is 24.5 cm³/mol. The molecule has 0 amide bonds. The van der Waals surface area contributed by atoms with Gasteiger partial charge >= 0.3 is 10.4 Å². The van der Waals surface area contributed by atoms with Crippen molar-refractivity contribution in [1.29, 1.82) is 0 Å². The van der Waals surface area contributed by atoms with Crippen LogP contribution in [0.3, 0.4) is 0 Å². The van der Waals surface area contributed by atoms with Gasteiger partial charge in [0.15, 0.2) is 6.79 Å². The average molecular weight is 142 g/mol. The molecule has 0 saturated heterocycles. The van der Waals surface area contributed by atoms with E-state index >= 15 is 0 Å². The van der Waals surface area contributed by atoms with Crippen molar-refractivity contribution in [3.63, 3.8) is 0 Å². The molecule has 0 fully saturated rings. The summed E-state index contributed by atoms with van der Waals surface area (Å²) >= 11 is 0. The Bertz CT molecular complexity index is 135. The van der Waals surface area contributed by atoms with E-state index in [2.05, 4.69) is 8.92 Å². The van der Waals surface area contributed by atoms with Gasteiger partial charge in [-0.2, -0.15) is 8.42 Å². The zero-order chi connectivity index (χ0) is 6.62. The van der Waals surface area contributed by atoms with Crippen LogP contribution in [0.15, 0.2) is 0 Å². The molecule has 0 saturated carbocycles. The van der Waals surface area contributed by atoms with Gasteiger partial charge in [-0.05, 0) is 0 Å². The standard InChI is InChI=1S/C2H6O5S/c1-6-2-7-8(3,4)5/h2H2,1H3,(H,3,4,5).